The molecule has 1 saturated heterocycles. The zero-order valence-corrected chi connectivity index (χ0v) is 17.2. The number of hydrogen-bond donors (Lipinski definition) is 1. The third kappa shape index (κ3) is 5.34. The number of benzene rings is 1. The van der Waals surface area contributed by atoms with Gasteiger partial charge >= 0.3 is 6.01 Å². The molecular weight excluding hydrogens is 370 g/mol. The Morgan fingerprint density at radius 2 is 1.90 bits per heavy atom. The van der Waals surface area contributed by atoms with E-state index in [9.17, 15) is 9.59 Å². The Bertz CT molecular complexity index is 813. The van der Waals surface area contributed by atoms with Crippen molar-refractivity contribution in [2.75, 3.05) is 13.1 Å². The predicted octanol–water partition coefficient (Wildman–Crippen LogP) is 2.19. The second kappa shape index (κ2) is 9.54. The zero-order chi connectivity index (χ0) is 20.8. The van der Waals surface area contributed by atoms with Crippen molar-refractivity contribution in [2.45, 2.75) is 52.2 Å². The van der Waals surface area contributed by atoms with Crippen molar-refractivity contribution in [3.8, 4) is 11.7 Å². The average molecular weight is 399 g/mol. The predicted molar refractivity (Wildman–Crippen MR) is 109 cm³/mol. The SMILES string of the molecule is CCC(Oc1ncn(-c2ccccc2)n1)C(=O)N1CCC(C(=O)NC(C)C)CC1. The van der Waals surface area contributed by atoms with Crippen LogP contribution in [0.4, 0.5) is 0 Å². The molecule has 0 radical (unpaired) electrons. The first-order valence-corrected chi connectivity index (χ1v) is 10.2. The Balaban J connectivity index is 1.56. The highest BCUT2D eigenvalue weighted by Gasteiger charge is 2.31. The fraction of sp³-hybridized carbons (Fsp3) is 0.524. The Hall–Kier alpha value is -2.90. The molecule has 1 aliphatic heterocycles. The molecule has 2 amide bonds. The Morgan fingerprint density at radius 1 is 1.21 bits per heavy atom. The van der Waals surface area contributed by atoms with E-state index in [-0.39, 0.29) is 29.8 Å². The quantitative estimate of drug-likeness (QED) is 0.771. The molecule has 8 heteroatoms. The molecule has 2 heterocycles. The molecule has 0 bridgehead atoms. The van der Waals surface area contributed by atoms with Crippen molar-refractivity contribution in [3.63, 3.8) is 0 Å². The minimum absolute atomic E-state index is 0.0364. The molecule has 29 heavy (non-hydrogen) atoms. The minimum atomic E-state index is -0.636. The highest BCUT2D eigenvalue weighted by Crippen LogP contribution is 2.20. The summed E-state index contributed by atoms with van der Waals surface area (Å²) in [4.78, 5) is 31.0. The minimum Gasteiger partial charge on any atom is -0.449 e. The summed E-state index contributed by atoms with van der Waals surface area (Å²) < 4.78 is 7.41. The molecule has 1 fully saturated rings. The number of aromatic nitrogens is 3. The summed E-state index contributed by atoms with van der Waals surface area (Å²) in [6.07, 6.45) is 2.79. The Morgan fingerprint density at radius 3 is 2.52 bits per heavy atom. The van der Waals surface area contributed by atoms with Gasteiger partial charge in [-0.3, -0.25) is 9.59 Å². The summed E-state index contributed by atoms with van der Waals surface area (Å²) >= 11 is 0. The van der Waals surface area contributed by atoms with Gasteiger partial charge in [-0.05, 0) is 45.2 Å². The number of piperidine rings is 1. The molecule has 1 unspecified atom stereocenters. The number of likely N-dealkylation sites (tertiary alicyclic amines) is 1. The first-order valence-electron chi connectivity index (χ1n) is 10.2. The maximum atomic E-state index is 12.9. The largest absolute Gasteiger partial charge is 0.449 e. The fourth-order valence-electron chi connectivity index (χ4n) is 3.41. The average Bonchev–Trinajstić information content (AvgIpc) is 3.20. The Labute approximate surface area is 171 Å². The van der Waals surface area contributed by atoms with Crippen molar-refractivity contribution in [1.82, 2.24) is 25.0 Å². The van der Waals surface area contributed by atoms with Gasteiger partial charge in [-0.2, -0.15) is 4.98 Å². The van der Waals surface area contributed by atoms with E-state index in [1.54, 1.807) is 15.9 Å². The van der Waals surface area contributed by atoms with Crippen LogP contribution in [0.2, 0.25) is 0 Å². The number of nitrogens with one attached hydrogen (secondary N) is 1. The maximum Gasteiger partial charge on any atom is 0.336 e. The van der Waals surface area contributed by atoms with E-state index in [4.69, 9.17) is 4.74 Å². The number of carbonyl (C=O) groups is 2. The summed E-state index contributed by atoms with van der Waals surface area (Å²) in [6.45, 7) is 6.92. The molecule has 1 atom stereocenters. The molecule has 2 aromatic rings. The maximum absolute atomic E-state index is 12.9. The van der Waals surface area contributed by atoms with Crippen LogP contribution in [0, 0.1) is 5.92 Å². The third-order valence-corrected chi connectivity index (χ3v) is 4.99. The summed E-state index contributed by atoms with van der Waals surface area (Å²) in [5, 5.41) is 7.27. The molecule has 1 N–H and O–H groups in total. The molecule has 3 rings (SSSR count). The number of ether oxygens (including phenoxy) is 1. The normalized spacial score (nSPS) is 15.9. The number of para-hydroxylation sites is 1. The number of hydrogen-bond acceptors (Lipinski definition) is 5. The van der Waals surface area contributed by atoms with E-state index in [0.29, 0.717) is 32.4 Å². The summed E-state index contributed by atoms with van der Waals surface area (Å²) in [6, 6.07) is 9.91. The zero-order valence-electron chi connectivity index (χ0n) is 17.2. The van der Waals surface area contributed by atoms with E-state index < -0.39 is 6.10 Å². The standard InChI is InChI=1S/C21H29N5O3/c1-4-18(29-21-22-14-26(24-21)17-8-6-5-7-9-17)20(28)25-12-10-16(11-13-25)19(27)23-15(2)3/h5-9,14-16,18H,4,10-13H2,1-3H3,(H,23,27). The van der Waals surface area contributed by atoms with Crippen molar-refractivity contribution >= 4 is 11.8 Å². The second-order valence-corrected chi connectivity index (χ2v) is 7.58. The molecule has 8 nitrogen and oxygen atoms in total. The van der Waals surface area contributed by atoms with Gasteiger partial charge in [0.05, 0.1) is 5.69 Å². The van der Waals surface area contributed by atoms with Crippen LogP contribution in [0.3, 0.4) is 0 Å². The van der Waals surface area contributed by atoms with Gasteiger partial charge < -0.3 is 15.0 Å². The second-order valence-electron chi connectivity index (χ2n) is 7.58. The smallest absolute Gasteiger partial charge is 0.336 e. The van der Waals surface area contributed by atoms with E-state index in [1.807, 2.05) is 51.1 Å². The Kier molecular flexibility index (Phi) is 6.85. The lowest BCUT2D eigenvalue weighted by Gasteiger charge is -2.33. The van der Waals surface area contributed by atoms with Crippen molar-refractivity contribution < 1.29 is 14.3 Å². The van der Waals surface area contributed by atoms with Gasteiger partial charge in [0, 0.05) is 25.0 Å². The van der Waals surface area contributed by atoms with Crippen LogP contribution in [-0.4, -0.2) is 56.7 Å². The molecule has 0 aliphatic carbocycles. The van der Waals surface area contributed by atoms with E-state index >= 15 is 0 Å². The van der Waals surface area contributed by atoms with Gasteiger partial charge in [-0.25, -0.2) is 4.68 Å². The highest BCUT2D eigenvalue weighted by molar-refractivity contribution is 5.82. The molecule has 156 valence electrons. The first-order chi connectivity index (χ1) is 14.0. The molecule has 1 aromatic carbocycles. The number of amides is 2. The molecule has 1 aromatic heterocycles. The van der Waals surface area contributed by atoms with Crippen LogP contribution in [0.25, 0.3) is 5.69 Å². The molecule has 0 spiro atoms. The topological polar surface area (TPSA) is 89.3 Å². The molecule has 1 aliphatic rings. The van der Waals surface area contributed by atoms with Crippen molar-refractivity contribution in [1.29, 1.82) is 0 Å². The van der Waals surface area contributed by atoms with Crippen molar-refractivity contribution in [3.05, 3.63) is 36.7 Å². The van der Waals surface area contributed by atoms with Crippen LogP contribution in [0.15, 0.2) is 36.7 Å². The highest BCUT2D eigenvalue weighted by atomic mass is 16.5. The van der Waals surface area contributed by atoms with Gasteiger partial charge in [0.2, 0.25) is 5.91 Å². The first kappa shape index (κ1) is 20.8. The van der Waals surface area contributed by atoms with Gasteiger partial charge in [0.1, 0.15) is 6.33 Å². The van der Waals surface area contributed by atoms with Crippen LogP contribution in [0.5, 0.6) is 6.01 Å². The summed E-state index contributed by atoms with van der Waals surface area (Å²) in [7, 11) is 0. The fourth-order valence-corrected chi connectivity index (χ4v) is 3.41. The third-order valence-electron chi connectivity index (χ3n) is 4.99. The number of rotatable bonds is 7. The molecular formula is C21H29N5O3. The van der Waals surface area contributed by atoms with E-state index in [0.717, 1.165) is 5.69 Å². The van der Waals surface area contributed by atoms with Crippen LogP contribution >= 0.6 is 0 Å². The lowest BCUT2D eigenvalue weighted by molar-refractivity contribution is -0.142. The van der Waals surface area contributed by atoms with Gasteiger partial charge in [0.25, 0.3) is 5.91 Å². The monoisotopic (exact) mass is 399 g/mol. The van der Waals surface area contributed by atoms with Crippen LogP contribution < -0.4 is 10.1 Å². The lowest BCUT2D eigenvalue weighted by Crippen LogP contribution is -2.48. The van der Waals surface area contributed by atoms with Crippen LogP contribution in [-0.2, 0) is 9.59 Å². The van der Waals surface area contributed by atoms with E-state index in [1.165, 1.54) is 0 Å². The van der Waals surface area contributed by atoms with Crippen LogP contribution in [0.1, 0.15) is 40.0 Å². The lowest BCUT2D eigenvalue weighted by atomic mass is 9.95. The molecule has 0 saturated carbocycles. The van der Waals surface area contributed by atoms with Gasteiger partial charge in [0.15, 0.2) is 6.10 Å². The van der Waals surface area contributed by atoms with E-state index in [2.05, 4.69) is 15.4 Å². The van der Waals surface area contributed by atoms with Crippen molar-refractivity contribution in [2.24, 2.45) is 5.92 Å². The summed E-state index contributed by atoms with van der Waals surface area (Å²) in [5.41, 5.74) is 0.871. The number of carbonyl (C=O) groups excluding carboxylic acids is 2. The van der Waals surface area contributed by atoms with Gasteiger partial charge in [-0.15, -0.1) is 5.10 Å². The summed E-state index contributed by atoms with van der Waals surface area (Å²) in [5.74, 6) is -0.0389. The van der Waals surface area contributed by atoms with Gasteiger partial charge in [-0.1, -0.05) is 25.1 Å². The number of nitrogens with zero attached hydrogens (tertiary/aromatic N) is 4.